The van der Waals surface area contributed by atoms with Crippen LogP contribution < -0.4 is 0 Å². The van der Waals surface area contributed by atoms with Crippen LogP contribution in [0.1, 0.15) is 17.9 Å². The molecule has 4 nitrogen and oxygen atoms in total. The highest BCUT2D eigenvalue weighted by Crippen LogP contribution is 2.28. The lowest BCUT2D eigenvalue weighted by Crippen LogP contribution is -1.98. The Bertz CT molecular complexity index is 445. The third-order valence-corrected chi connectivity index (χ3v) is 2.75. The first kappa shape index (κ1) is 7.94. The molecule has 0 aliphatic carbocycles. The molecule has 2 aromatic rings. The maximum atomic E-state index is 5.38. The van der Waals surface area contributed by atoms with Gasteiger partial charge in [-0.25, -0.2) is 0 Å². The van der Waals surface area contributed by atoms with E-state index in [2.05, 4.69) is 21.2 Å². The summed E-state index contributed by atoms with van der Waals surface area (Å²) >= 11 is 0. The maximum Gasteiger partial charge on any atom is 0.108 e. The van der Waals surface area contributed by atoms with Crippen molar-refractivity contribution in [3.05, 3.63) is 24.0 Å². The summed E-state index contributed by atoms with van der Waals surface area (Å²) in [6.07, 6.45) is 4.69. The van der Waals surface area contributed by atoms with Crippen molar-refractivity contribution in [2.45, 2.75) is 12.3 Å². The summed E-state index contributed by atoms with van der Waals surface area (Å²) in [4.78, 5) is 4.24. The Morgan fingerprint density at radius 3 is 3.36 bits per heavy atom. The summed E-state index contributed by atoms with van der Waals surface area (Å²) < 4.78 is 5.38. The van der Waals surface area contributed by atoms with E-state index in [1.54, 1.807) is 6.20 Å². The van der Waals surface area contributed by atoms with Gasteiger partial charge in [0.25, 0.3) is 0 Å². The average Bonchev–Trinajstić information content (AvgIpc) is 2.88. The van der Waals surface area contributed by atoms with Gasteiger partial charge in [-0.2, -0.15) is 5.10 Å². The molecule has 2 aromatic heterocycles. The van der Waals surface area contributed by atoms with Crippen LogP contribution in [0, 0.1) is 0 Å². The second kappa shape index (κ2) is 3.06. The Morgan fingerprint density at radius 1 is 1.50 bits per heavy atom. The topological polar surface area (TPSA) is 50.8 Å². The minimum atomic E-state index is 0.501. The van der Waals surface area contributed by atoms with Gasteiger partial charge in [-0.15, -0.1) is 0 Å². The number of nitrogens with zero attached hydrogens (tertiary/aromatic N) is 2. The highest BCUT2D eigenvalue weighted by molar-refractivity contribution is 5.77. The summed E-state index contributed by atoms with van der Waals surface area (Å²) in [6.45, 7) is 1.68. The van der Waals surface area contributed by atoms with E-state index in [-0.39, 0.29) is 0 Å². The largest absolute Gasteiger partial charge is 0.381 e. The molecule has 0 radical (unpaired) electrons. The van der Waals surface area contributed by atoms with Gasteiger partial charge >= 0.3 is 0 Å². The minimum Gasteiger partial charge on any atom is -0.381 e. The van der Waals surface area contributed by atoms with Crippen molar-refractivity contribution >= 4 is 11.0 Å². The predicted octanol–water partition coefficient (Wildman–Crippen LogP) is 1.46. The molecule has 1 aliphatic heterocycles. The number of hydrogen-bond donors (Lipinski definition) is 1. The van der Waals surface area contributed by atoms with Crippen LogP contribution >= 0.6 is 0 Å². The molecule has 1 atom stereocenters. The first-order valence-corrected chi connectivity index (χ1v) is 4.81. The Kier molecular flexibility index (Phi) is 1.73. The number of aromatic amines is 1. The molecule has 0 saturated carbocycles. The standard InChI is InChI=1S/C10H11N3O/c1-3-11-9-5-12-13-10(9)8(1)7-2-4-14-6-7/h1,3,5,7H,2,4,6H2,(H,12,13). The molecule has 0 amide bonds. The van der Waals surface area contributed by atoms with Gasteiger partial charge in [0.2, 0.25) is 0 Å². The second-order valence-corrected chi connectivity index (χ2v) is 3.59. The van der Waals surface area contributed by atoms with E-state index in [1.807, 2.05) is 6.20 Å². The summed E-state index contributed by atoms with van der Waals surface area (Å²) in [5, 5.41) is 7.00. The Morgan fingerprint density at radius 2 is 2.50 bits per heavy atom. The van der Waals surface area contributed by atoms with Gasteiger partial charge < -0.3 is 4.74 Å². The van der Waals surface area contributed by atoms with Crippen molar-refractivity contribution in [3.8, 4) is 0 Å². The van der Waals surface area contributed by atoms with Gasteiger partial charge in [0.15, 0.2) is 0 Å². The molecule has 72 valence electrons. The van der Waals surface area contributed by atoms with E-state index in [0.717, 1.165) is 30.7 Å². The minimum absolute atomic E-state index is 0.501. The van der Waals surface area contributed by atoms with E-state index in [9.17, 15) is 0 Å². The predicted molar refractivity (Wildman–Crippen MR) is 52.1 cm³/mol. The molecule has 3 heterocycles. The smallest absolute Gasteiger partial charge is 0.108 e. The summed E-state index contributed by atoms with van der Waals surface area (Å²) in [5.41, 5.74) is 3.28. The molecule has 3 rings (SSSR count). The van der Waals surface area contributed by atoms with Crippen LogP contribution in [0.4, 0.5) is 0 Å². The molecule has 14 heavy (non-hydrogen) atoms. The van der Waals surface area contributed by atoms with Gasteiger partial charge in [-0.05, 0) is 18.1 Å². The van der Waals surface area contributed by atoms with E-state index in [1.165, 1.54) is 5.56 Å². The van der Waals surface area contributed by atoms with Gasteiger partial charge in [0.1, 0.15) is 5.52 Å². The van der Waals surface area contributed by atoms with Crippen LogP contribution in [0.15, 0.2) is 18.5 Å². The van der Waals surface area contributed by atoms with Crippen molar-refractivity contribution in [3.63, 3.8) is 0 Å². The zero-order valence-corrected chi connectivity index (χ0v) is 7.73. The highest BCUT2D eigenvalue weighted by Gasteiger charge is 2.20. The van der Waals surface area contributed by atoms with Gasteiger partial charge in [-0.3, -0.25) is 10.1 Å². The maximum absolute atomic E-state index is 5.38. The lowest BCUT2D eigenvalue weighted by Gasteiger charge is -2.07. The lowest BCUT2D eigenvalue weighted by atomic mass is 9.98. The van der Waals surface area contributed by atoms with E-state index in [0.29, 0.717) is 5.92 Å². The summed E-state index contributed by atoms with van der Waals surface area (Å²) in [6, 6.07) is 2.06. The van der Waals surface area contributed by atoms with Gasteiger partial charge in [0.05, 0.1) is 18.3 Å². The van der Waals surface area contributed by atoms with Crippen molar-refractivity contribution in [2.75, 3.05) is 13.2 Å². The fourth-order valence-corrected chi connectivity index (χ4v) is 1.99. The van der Waals surface area contributed by atoms with Gasteiger partial charge in [-0.1, -0.05) is 0 Å². The third-order valence-electron chi connectivity index (χ3n) is 2.75. The third kappa shape index (κ3) is 1.11. The summed E-state index contributed by atoms with van der Waals surface area (Å²) in [5.74, 6) is 0.501. The SMILES string of the molecule is c1cc(C2CCOC2)c2[nH]ncc2n1. The zero-order chi connectivity index (χ0) is 9.38. The number of nitrogens with one attached hydrogen (secondary N) is 1. The van der Waals surface area contributed by atoms with E-state index in [4.69, 9.17) is 4.74 Å². The Labute approximate surface area is 81.3 Å². The Hall–Kier alpha value is -1.42. The highest BCUT2D eigenvalue weighted by atomic mass is 16.5. The zero-order valence-electron chi connectivity index (χ0n) is 7.73. The van der Waals surface area contributed by atoms with Crippen molar-refractivity contribution < 1.29 is 4.74 Å². The van der Waals surface area contributed by atoms with Crippen molar-refractivity contribution in [1.82, 2.24) is 15.2 Å². The number of aromatic nitrogens is 3. The second-order valence-electron chi connectivity index (χ2n) is 3.59. The lowest BCUT2D eigenvalue weighted by molar-refractivity contribution is 0.194. The number of ether oxygens (including phenoxy) is 1. The molecular weight excluding hydrogens is 178 g/mol. The fraction of sp³-hybridized carbons (Fsp3) is 0.400. The number of pyridine rings is 1. The van der Waals surface area contributed by atoms with Crippen LogP contribution in [-0.2, 0) is 4.74 Å². The molecular formula is C10H11N3O. The van der Waals surface area contributed by atoms with Crippen LogP contribution in [0.3, 0.4) is 0 Å². The van der Waals surface area contributed by atoms with E-state index < -0.39 is 0 Å². The molecule has 1 aliphatic rings. The molecule has 0 aromatic carbocycles. The molecule has 4 heteroatoms. The molecule has 1 N–H and O–H groups in total. The van der Waals surface area contributed by atoms with Crippen molar-refractivity contribution in [1.29, 1.82) is 0 Å². The quantitative estimate of drug-likeness (QED) is 0.738. The number of H-pyrrole nitrogens is 1. The average molecular weight is 189 g/mol. The molecule has 0 spiro atoms. The monoisotopic (exact) mass is 189 g/mol. The molecule has 0 bridgehead atoms. The first-order valence-electron chi connectivity index (χ1n) is 4.81. The number of hydrogen-bond acceptors (Lipinski definition) is 3. The number of fused-ring (bicyclic) bond motifs is 1. The molecule has 1 fully saturated rings. The van der Waals surface area contributed by atoms with Crippen LogP contribution in [0.25, 0.3) is 11.0 Å². The van der Waals surface area contributed by atoms with Crippen LogP contribution in [0.2, 0.25) is 0 Å². The number of rotatable bonds is 1. The van der Waals surface area contributed by atoms with Crippen LogP contribution in [-0.4, -0.2) is 28.4 Å². The van der Waals surface area contributed by atoms with Crippen LogP contribution in [0.5, 0.6) is 0 Å². The fourth-order valence-electron chi connectivity index (χ4n) is 1.99. The molecule has 1 unspecified atom stereocenters. The first-order chi connectivity index (χ1) is 6.95. The van der Waals surface area contributed by atoms with E-state index >= 15 is 0 Å². The summed E-state index contributed by atoms with van der Waals surface area (Å²) in [7, 11) is 0. The van der Waals surface area contributed by atoms with Crippen molar-refractivity contribution in [2.24, 2.45) is 0 Å². The normalized spacial score (nSPS) is 21.9. The Balaban J connectivity index is 2.14. The van der Waals surface area contributed by atoms with Gasteiger partial charge in [0, 0.05) is 18.7 Å². The molecule has 1 saturated heterocycles.